The van der Waals surface area contributed by atoms with E-state index in [1.165, 1.54) is 12.3 Å². The molecule has 11 heteroatoms. The standard InChI is InChI=1S/C30H44O11/c1-27-8-5-20-21(30(27,39)11-7-19(27)17-2-3-24(35)40-15-17)6-10-29(38)12-18(4-9-28(20,29)16-33)41-23(14-32)26(37)25(36)22(34)13-31/h2-3,13,15,18-23,25-26,32-34,36-39H,4-12,14,16H2,1H3/t18?,19-,20?,21-,22-,23-,25-,26-,27-,28+,29+,30+/m1/s1. The molecule has 0 radical (unpaired) electrons. The van der Waals surface area contributed by atoms with Crippen molar-refractivity contribution in [2.45, 2.75) is 112 Å². The van der Waals surface area contributed by atoms with Gasteiger partial charge in [-0.2, -0.15) is 0 Å². The highest BCUT2D eigenvalue weighted by atomic mass is 16.5. The number of rotatable bonds is 9. The van der Waals surface area contributed by atoms with Crippen LogP contribution in [0.3, 0.4) is 0 Å². The topological polar surface area (TPSA) is 198 Å². The Balaban J connectivity index is 1.36. The van der Waals surface area contributed by atoms with Gasteiger partial charge in [-0.15, -0.1) is 0 Å². The fourth-order valence-electron chi connectivity index (χ4n) is 9.51. The SMILES string of the molecule is C[C@]12CCC3[C@@H](CC[C@]4(O)CC(O[C@H](CO)[C@@H](O)[C@H](O)[C@H](O)C=O)CC[C@]34CO)[C@@]1(O)CC[C@@H]2c1ccc(=O)oc1. The minimum Gasteiger partial charge on any atom is -0.431 e. The van der Waals surface area contributed by atoms with Crippen LogP contribution >= 0.6 is 0 Å². The van der Waals surface area contributed by atoms with E-state index in [0.717, 1.165) is 12.0 Å². The summed E-state index contributed by atoms with van der Waals surface area (Å²) in [5.74, 6) is -0.261. The van der Waals surface area contributed by atoms with Gasteiger partial charge < -0.3 is 49.7 Å². The van der Waals surface area contributed by atoms with Crippen LogP contribution in [0.15, 0.2) is 27.6 Å². The Bertz CT molecular complexity index is 1140. The van der Waals surface area contributed by atoms with E-state index in [4.69, 9.17) is 9.15 Å². The van der Waals surface area contributed by atoms with Crippen LogP contribution in [0.5, 0.6) is 0 Å². The number of aldehydes is 1. The summed E-state index contributed by atoms with van der Waals surface area (Å²) in [6.07, 6.45) is -1.19. The predicted octanol–water partition coefficient (Wildman–Crippen LogP) is -0.00400. The Morgan fingerprint density at radius 1 is 1.00 bits per heavy atom. The van der Waals surface area contributed by atoms with E-state index < -0.39 is 64.8 Å². The normalized spacial score (nSPS) is 43.2. The first-order chi connectivity index (χ1) is 19.4. The van der Waals surface area contributed by atoms with Crippen LogP contribution in [0, 0.1) is 22.7 Å². The van der Waals surface area contributed by atoms with Gasteiger partial charge >= 0.3 is 5.63 Å². The van der Waals surface area contributed by atoms with Gasteiger partial charge in [-0.25, -0.2) is 4.79 Å². The van der Waals surface area contributed by atoms with E-state index in [1.807, 2.05) is 0 Å². The van der Waals surface area contributed by atoms with Crippen molar-refractivity contribution >= 4 is 6.29 Å². The lowest BCUT2D eigenvalue weighted by Crippen LogP contribution is -2.69. The zero-order valence-corrected chi connectivity index (χ0v) is 23.5. The maximum Gasteiger partial charge on any atom is 0.335 e. The third kappa shape index (κ3) is 4.64. The zero-order chi connectivity index (χ0) is 29.8. The second-order valence-electron chi connectivity index (χ2n) is 13.3. The molecule has 4 fully saturated rings. The molecule has 0 bridgehead atoms. The van der Waals surface area contributed by atoms with Crippen LogP contribution < -0.4 is 5.63 Å². The second kappa shape index (κ2) is 11.1. The molecule has 0 amide bonds. The molecule has 1 heterocycles. The molecule has 4 aliphatic rings. The number of fused-ring (bicyclic) bond motifs is 5. The lowest BCUT2D eigenvalue weighted by atomic mass is 9.41. The smallest absolute Gasteiger partial charge is 0.335 e. The zero-order valence-electron chi connectivity index (χ0n) is 23.5. The maximum absolute atomic E-state index is 12.4. The van der Waals surface area contributed by atoms with Gasteiger partial charge in [-0.3, -0.25) is 0 Å². The summed E-state index contributed by atoms with van der Waals surface area (Å²) in [6.45, 7) is 1.18. The summed E-state index contributed by atoms with van der Waals surface area (Å²) < 4.78 is 11.1. The van der Waals surface area contributed by atoms with Crippen LogP contribution in [0.2, 0.25) is 0 Å². The van der Waals surface area contributed by atoms with Crippen molar-refractivity contribution in [1.29, 1.82) is 0 Å². The minimum absolute atomic E-state index is 0.0164. The first-order valence-electron chi connectivity index (χ1n) is 14.8. The minimum atomic E-state index is -1.84. The van der Waals surface area contributed by atoms with Crippen molar-refractivity contribution in [1.82, 2.24) is 0 Å². The number of carbonyl (C=O) groups is 1. The fraction of sp³-hybridized carbons (Fsp3) is 0.800. The lowest BCUT2D eigenvalue weighted by molar-refractivity contribution is -0.275. The molecule has 4 saturated carbocycles. The Kier molecular flexibility index (Phi) is 8.32. The quantitative estimate of drug-likeness (QED) is 0.194. The van der Waals surface area contributed by atoms with Gasteiger partial charge in [0.1, 0.15) is 24.4 Å². The molecular weight excluding hydrogens is 536 g/mol. The molecule has 5 rings (SSSR count). The van der Waals surface area contributed by atoms with Crippen molar-refractivity contribution in [3.05, 3.63) is 34.4 Å². The van der Waals surface area contributed by atoms with Crippen molar-refractivity contribution in [2.75, 3.05) is 13.2 Å². The average molecular weight is 581 g/mol. The molecule has 0 saturated heterocycles. The van der Waals surface area contributed by atoms with Crippen molar-refractivity contribution in [3.63, 3.8) is 0 Å². The highest BCUT2D eigenvalue weighted by molar-refractivity contribution is 5.56. The molecule has 0 aromatic carbocycles. The Labute approximate surface area is 238 Å². The first-order valence-corrected chi connectivity index (χ1v) is 14.8. The average Bonchev–Trinajstić information content (AvgIpc) is 3.25. The van der Waals surface area contributed by atoms with Crippen molar-refractivity contribution in [3.8, 4) is 0 Å². The highest BCUT2D eigenvalue weighted by Gasteiger charge is 2.71. The van der Waals surface area contributed by atoms with Crippen LogP contribution in [-0.4, -0.2) is 97.0 Å². The second-order valence-corrected chi connectivity index (χ2v) is 13.3. The number of aliphatic hydroxyl groups is 7. The number of aliphatic hydroxyl groups excluding tert-OH is 5. The third-order valence-corrected chi connectivity index (χ3v) is 11.8. The highest BCUT2D eigenvalue weighted by Crippen LogP contribution is 2.71. The van der Waals surface area contributed by atoms with E-state index >= 15 is 0 Å². The van der Waals surface area contributed by atoms with Gasteiger partial charge in [-0.05, 0) is 80.8 Å². The molecule has 2 unspecified atom stereocenters. The van der Waals surface area contributed by atoms with E-state index in [9.17, 15) is 45.3 Å². The van der Waals surface area contributed by atoms with E-state index in [1.54, 1.807) is 6.07 Å². The summed E-state index contributed by atoms with van der Waals surface area (Å²) >= 11 is 0. The summed E-state index contributed by atoms with van der Waals surface area (Å²) in [5.41, 5.74) is -3.18. The molecule has 230 valence electrons. The molecule has 12 atom stereocenters. The van der Waals surface area contributed by atoms with Crippen LogP contribution in [0.4, 0.5) is 0 Å². The first kappa shape index (κ1) is 30.7. The van der Waals surface area contributed by atoms with E-state index in [0.29, 0.717) is 44.9 Å². The maximum atomic E-state index is 12.4. The largest absolute Gasteiger partial charge is 0.431 e. The number of hydrogen-bond donors (Lipinski definition) is 7. The molecule has 0 spiro atoms. The monoisotopic (exact) mass is 580 g/mol. The van der Waals surface area contributed by atoms with Gasteiger partial charge in [0.2, 0.25) is 0 Å². The molecule has 11 nitrogen and oxygen atoms in total. The van der Waals surface area contributed by atoms with Crippen LogP contribution in [0.1, 0.15) is 76.2 Å². The fourth-order valence-corrected chi connectivity index (χ4v) is 9.51. The molecule has 4 aliphatic carbocycles. The van der Waals surface area contributed by atoms with E-state index in [-0.39, 0.29) is 37.1 Å². The van der Waals surface area contributed by atoms with Crippen LogP contribution in [-0.2, 0) is 9.53 Å². The molecule has 1 aromatic heterocycles. The van der Waals surface area contributed by atoms with Gasteiger partial charge in [0.15, 0.2) is 6.29 Å². The molecule has 0 aliphatic heterocycles. The summed E-state index contributed by atoms with van der Waals surface area (Å²) in [5, 5.41) is 75.3. The van der Waals surface area contributed by atoms with E-state index in [2.05, 4.69) is 6.92 Å². The number of carbonyl (C=O) groups excluding carboxylic acids is 1. The Morgan fingerprint density at radius 2 is 1.73 bits per heavy atom. The summed E-state index contributed by atoms with van der Waals surface area (Å²) in [7, 11) is 0. The van der Waals surface area contributed by atoms with Crippen molar-refractivity contribution < 1.29 is 49.7 Å². The molecule has 1 aromatic rings. The van der Waals surface area contributed by atoms with Gasteiger partial charge in [0.25, 0.3) is 0 Å². The summed E-state index contributed by atoms with van der Waals surface area (Å²) in [6, 6.07) is 3.19. The van der Waals surface area contributed by atoms with Crippen molar-refractivity contribution in [2.24, 2.45) is 22.7 Å². The Hall–Kier alpha value is -1.70. The van der Waals surface area contributed by atoms with Gasteiger partial charge in [0.05, 0.1) is 36.8 Å². The van der Waals surface area contributed by atoms with Crippen LogP contribution in [0.25, 0.3) is 0 Å². The molecule has 41 heavy (non-hydrogen) atoms. The Morgan fingerprint density at radius 3 is 2.37 bits per heavy atom. The molecule has 7 N–H and O–H groups in total. The predicted molar refractivity (Wildman–Crippen MR) is 144 cm³/mol. The van der Waals surface area contributed by atoms with Gasteiger partial charge in [0, 0.05) is 23.3 Å². The number of ether oxygens (including phenoxy) is 1. The molecular formula is C30H44O11. The lowest BCUT2D eigenvalue weighted by Gasteiger charge is -2.66. The number of hydrogen-bond acceptors (Lipinski definition) is 11. The third-order valence-electron chi connectivity index (χ3n) is 11.8. The van der Waals surface area contributed by atoms with Gasteiger partial charge in [-0.1, -0.05) is 6.92 Å². The summed E-state index contributed by atoms with van der Waals surface area (Å²) in [4.78, 5) is 22.4.